The van der Waals surface area contributed by atoms with Crippen LogP contribution in [-0.4, -0.2) is 16.8 Å². The molecular weight excluding hydrogens is 221 g/mol. The minimum absolute atomic E-state index is 0.232. The van der Waals surface area contributed by atoms with Crippen molar-refractivity contribution in [3.05, 3.63) is 47.3 Å². The molecule has 0 spiro atoms. The molecule has 0 saturated carbocycles. The SMILES string of the molecule is O=C(O)C1=CCC2=Nc3ccc(F)cc3C2=C1. The van der Waals surface area contributed by atoms with E-state index in [1.165, 1.54) is 12.1 Å². The summed E-state index contributed by atoms with van der Waals surface area (Å²) in [5, 5.41) is 8.93. The largest absolute Gasteiger partial charge is 0.478 e. The monoisotopic (exact) mass is 229 g/mol. The van der Waals surface area contributed by atoms with Gasteiger partial charge in [-0.25, -0.2) is 9.18 Å². The highest BCUT2D eigenvalue weighted by molar-refractivity contribution is 6.31. The molecule has 0 amide bonds. The number of rotatable bonds is 1. The Hall–Kier alpha value is -2.23. The van der Waals surface area contributed by atoms with Gasteiger partial charge in [0, 0.05) is 17.6 Å². The third kappa shape index (κ3) is 1.49. The van der Waals surface area contributed by atoms with Crippen molar-refractivity contribution in [2.45, 2.75) is 6.42 Å². The standard InChI is InChI=1S/C13H8FNO2/c14-8-2-4-12-10(6-8)9-5-7(13(16)17)1-3-11(9)15-12/h1-2,4-6H,3H2,(H,16,17). The molecule has 0 atom stereocenters. The van der Waals surface area contributed by atoms with Crippen LogP contribution in [0.15, 0.2) is 40.9 Å². The van der Waals surface area contributed by atoms with Gasteiger partial charge in [-0.15, -0.1) is 0 Å². The second kappa shape index (κ2) is 3.38. The van der Waals surface area contributed by atoms with Gasteiger partial charge in [-0.3, -0.25) is 4.99 Å². The van der Waals surface area contributed by atoms with E-state index in [4.69, 9.17) is 5.11 Å². The molecule has 84 valence electrons. The van der Waals surface area contributed by atoms with Crippen LogP contribution in [0.1, 0.15) is 12.0 Å². The molecule has 0 fully saturated rings. The van der Waals surface area contributed by atoms with Gasteiger partial charge < -0.3 is 5.11 Å². The lowest BCUT2D eigenvalue weighted by atomic mass is 9.93. The molecule has 1 aliphatic carbocycles. The summed E-state index contributed by atoms with van der Waals surface area (Å²) in [4.78, 5) is 15.2. The van der Waals surface area contributed by atoms with Crippen LogP contribution in [0.5, 0.6) is 0 Å². The summed E-state index contributed by atoms with van der Waals surface area (Å²) in [6.45, 7) is 0. The third-order valence-electron chi connectivity index (χ3n) is 2.88. The summed E-state index contributed by atoms with van der Waals surface area (Å²) in [7, 11) is 0. The van der Waals surface area contributed by atoms with Crippen LogP contribution >= 0.6 is 0 Å². The van der Waals surface area contributed by atoms with Gasteiger partial charge in [-0.1, -0.05) is 6.08 Å². The number of fused-ring (bicyclic) bond motifs is 3. The van der Waals surface area contributed by atoms with Crippen LogP contribution in [-0.2, 0) is 4.79 Å². The lowest BCUT2D eigenvalue weighted by Gasteiger charge is -2.09. The van der Waals surface area contributed by atoms with Crippen molar-refractivity contribution in [3.8, 4) is 0 Å². The summed E-state index contributed by atoms with van der Waals surface area (Å²) in [5.41, 5.74) is 3.13. The number of allylic oxidation sites excluding steroid dienone is 2. The average molecular weight is 229 g/mol. The maximum absolute atomic E-state index is 13.2. The molecule has 4 heteroatoms. The van der Waals surface area contributed by atoms with E-state index in [-0.39, 0.29) is 11.4 Å². The number of aliphatic carboxylic acids is 1. The van der Waals surface area contributed by atoms with Crippen LogP contribution in [0.4, 0.5) is 10.1 Å². The molecule has 3 rings (SSSR count). The smallest absolute Gasteiger partial charge is 0.335 e. The summed E-state index contributed by atoms with van der Waals surface area (Å²) >= 11 is 0. The Bertz CT molecular complexity index is 626. The Morgan fingerprint density at radius 1 is 1.41 bits per heavy atom. The zero-order valence-corrected chi connectivity index (χ0v) is 8.77. The molecule has 3 nitrogen and oxygen atoms in total. The maximum atomic E-state index is 13.2. The van der Waals surface area contributed by atoms with E-state index in [2.05, 4.69) is 4.99 Å². The van der Waals surface area contributed by atoms with Gasteiger partial charge in [0.2, 0.25) is 0 Å². The minimum Gasteiger partial charge on any atom is -0.478 e. The fourth-order valence-corrected chi connectivity index (χ4v) is 2.07. The lowest BCUT2D eigenvalue weighted by molar-refractivity contribution is -0.132. The number of nitrogens with zero attached hydrogens (tertiary/aromatic N) is 1. The van der Waals surface area contributed by atoms with Gasteiger partial charge in [-0.05, 0) is 24.3 Å². The van der Waals surface area contributed by atoms with Gasteiger partial charge >= 0.3 is 5.97 Å². The van der Waals surface area contributed by atoms with Crippen molar-refractivity contribution >= 4 is 22.9 Å². The number of carboxylic acid groups (broad SMARTS) is 1. The first kappa shape index (κ1) is 9.96. The van der Waals surface area contributed by atoms with E-state index >= 15 is 0 Å². The maximum Gasteiger partial charge on any atom is 0.335 e. The second-order valence-electron chi connectivity index (χ2n) is 3.95. The highest BCUT2D eigenvalue weighted by atomic mass is 19.1. The first-order chi connectivity index (χ1) is 8.15. The molecular formula is C13H8FNO2. The van der Waals surface area contributed by atoms with Crippen molar-refractivity contribution in [2.24, 2.45) is 4.99 Å². The number of hydrogen-bond donors (Lipinski definition) is 1. The van der Waals surface area contributed by atoms with Crippen LogP contribution in [0.25, 0.3) is 5.57 Å². The van der Waals surface area contributed by atoms with Crippen LogP contribution in [0.3, 0.4) is 0 Å². The van der Waals surface area contributed by atoms with Crippen molar-refractivity contribution in [3.63, 3.8) is 0 Å². The quantitative estimate of drug-likeness (QED) is 0.804. The fraction of sp³-hybridized carbons (Fsp3) is 0.0769. The Labute approximate surface area is 96.6 Å². The Balaban J connectivity index is 2.15. The topological polar surface area (TPSA) is 49.7 Å². The van der Waals surface area contributed by atoms with Crippen molar-refractivity contribution in [1.29, 1.82) is 0 Å². The first-order valence-corrected chi connectivity index (χ1v) is 5.18. The number of aliphatic imine (C=N–C) groups is 1. The summed E-state index contributed by atoms with van der Waals surface area (Å²) in [5.74, 6) is -1.31. The fourth-order valence-electron chi connectivity index (χ4n) is 2.07. The van der Waals surface area contributed by atoms with E-state index < -0.39 is 5.97 Å². The molecule has 1 aromatic carbocycles. The number of hydrogen-bond acceptors (Lipinski definition) is 2. The summed E-state index contributed by atoms with van der Waals surface area (Å²) < 4.78 is 13.2. The molecule has 0 radical (unpaired) electrons. The molecule has 1 aromatic rings. The molecule has 0 aromatic heterocycles. The Kier molecular flexibility index (Phi) is 1.98. The minimum atomic E-state index is -0.971. The van der Waals surface area contributed by atoms with Gasteiger partial charge in [0.25, 0.3) is 0 Å². The zero-order chi connectivity index (χ0) is 12.0. The first-order valence-electron chi connectivity index (χ1n) is 5.18. The predicted octanol–water partition coefficient (Wildman–Crippen LogP) is 2.71. The summed E-state index contributed by atoms with van der Waals surface area (Å²) in [6, 6.07) is 4.35. The van der Waals surface area contributed by atoms with Gasteiger partial charge in [0.1, 0.15) is 5.82 Å². The Morgan fingerprint density at radius 2 is 2.24 bits per heavy atom. The molecule has 1 aliphatic heterocycles. The molecule has 1 N–H and O–H groups in total. The Morgan fingerprint density at radius 3 is 3.00 bits per heavy atom. The van der Waals surface area contributed by atoms with E-state index in [1.807, 2.05) is 0 Å². The van der Waals surface area contributed by atoms with E-state index in [0.717, 1.165) is 11.3 Å². The molecule has 1 heterocycles. The average Bonchev–Trinajstić information content (AvgIpc) is 2.66. The molecule has 0 bridgehead atoms. The van der Waals surface area contributed by atoms with Crippen molar-refractivity contribution in [2.75, 3.05) is 0 Å². The zero-order valence-electron chi connectivity index (χ0n) is 8.77. The van der Waals surface area contributed by atoms with Gasteiger partial charge in [0.15, 0.2) is 0 Å². The molecule has 0 saturated heterocycles. The number of carbonyl (C=O) groups is 1. The normalized spacial score (nSPS) is 16.6. The molecule has 17 heavy (non-hydrogen) atoms. The summed E-state index contributed by atoms with van der Waals surface area (Å²) in [6.07, 6.45) is 3.65. The van der Waals surface area contributed by atoms with Crippen molar-refractivity contribution in [1.82, 2.24) is 0 Å². The lowest BCUT2D eigenvalue weighted by Crippen LogP contribution is -2.07. The highest BCUT2D eigenvalue weighted by Gasteiger charge is 2.24. The van der Waals surface area contributed by atoms with E-state index in [9.17, 15) is 9.18 Å². The van der Waals surface area contributed by atoms with Crippen LogP contribution in [0, 0.1) is 5.82 Å². The predicted molar refractivity (Wildman–Crippen MR) is 61.8 cm³/mol. The number of benzene rings is 1. The van der Waals surface area contributed by atoms with E-state index in [0.29, 0.717) is 17.7 Å². The van der Waals surface area contributed by atoms with Crippen molar-refractivity contribution < 1.29 is 14.3 Å². The number of carboxylic acids is 1. The van der Waals surface area contributed by atoms with Crippen LogP contribution < -0.4 is 0 Å². The second-order valence-corrected chi connectivity index (χ2v) is 3.95. The van der Waals surface area contributed by atoms with Gasteiger partial charge in [-0.2, -0.15) is 0 Å². The number of halogens is 1. The van der Waals surface area contributed by atoms with Gasteiger partial charge in [0.05, 0.1) is 17.0 Å². The van der Waals surface area contributed by atoms with Crippen LogP contribution in [0.2, 0.25) is 0 Å². The third-order valence-corrected chi connectivity index (χ3v) is 2.88. The molecule has 2 aliphatic rings. The molecule has 0 unspecified atom stereocenters. The van der Waals surface area contributed by atoms with E-state index in [1.54, 1.807) is 18.2 Å². The highest BCUT2D eigenvalue weighted by Crippen LogP contribution is 2.38.